The topological polar surface area (TPSA) is 197 Å². The van der Waals surface area contributed by atoms with Crippen molar-refractivity contribution in [1.82, 2.24) is 43.6 Å². The second kappa shape index (κ2) is 20.8. The van der Waals surface area contributed by atoms with Gasteiger partial charge in [-0.15, -0.1) is 0 Å². The van der Waals surface area contributed by atoms with Gasteiger partial charge >= 0.3 is 0 Å². The van der Waals surface area contributed by atoms with E-state index in [4.69, 9.17) is 85.3 Å². The Balaban J connectivity index is 0.941. The Morgan fingerprint density at radius 2 is 1.24 bits per heavy atom. The maximum absolute atomic E-state index is 13.9. The van der Waals surface area contributed by atoms with Crippen LogP contribution in [0.15, 0.2) is 98.1 Å². The number of nitrogens with zero attached hydrogens (tertiary/aromatic N) is 9. The summed E-state index contributed by atoms with van der Waals surface area (Å²) < 4.78 is 26.9. The molecular formula is C53H46Cl4N12O6. The zero-order valence-corrected chi connectivity index (χ0v) is 44.0. The van der Waals surface area contributed by atoms with E-state index in [1.807, 2.05) is 39.4 Å². The average molecular weight is 1090 g/mol. The van der Waals surface area contributed by atoms with E-state index in [1.165, 1.54) is 27.4 Å². The zero-order chi connectivity index (χ0) is 52.8. The molecule has 1 saturated heterocycles. The fourth-order valence-corrected chi connectivity index (χ4v) is 10.5. The van der Waals surface area contributed by atoms with E-state index < -0.39 is 5.91 Å². The number of carbonyl (C=O) groups excluding carboxylic acids is 2. The van der Waals surface area contributed by atoms with Crippen molar-refractivity contribution in [2.24, 2.45) is 0 Å². The van der Waals surface area contributed by atoms with Crippen LogP contribution in [0.25, 0.3) is 66.9 Å². The van der Waals surface area contributed by atoms with Gasteiger partial charge < -0.3 is 39.8 Å². The van der Waals surface area contributed by atoms with Crippen LogP contribution in [0.4, 0.5) is 17.6 Å². The van der Waals surface area contributed by atoms with Crippen molar-refractivity contribution in [1.29, 1.82) is 0 Å². The molecular weight excluding hydrogens is 1040 g/mol. The van der Waals surface area contributed by atoms with Gasteiger partial charge in [-0.2, -0.15) is 9.97 Å². The van der Waals surface area contributed by atoms with Crippen molar-refractivity contribution in [2.75, 3.05) is 71.1 Å². The third-order valence-electron chi connectivity index (χ3n) is 13.0. The molecule has 3 N–H and O–H groups in total. The molecule has 0 bridgehead atoms. The van der Waals surface area contributed by atoms with Gasteiger partial charge in [0.25, 0.3) is 5.91 Å². The number of hydrogen-bond donors (Lipinski definition) is 3. The number of imidazole rings is 2. The Labute approximate surface area is 449 Å². The van der Waals surface area contributed by atoms with Gasteiger partial charge in [-0.05, 0) is 43.2 Å². The molecule has 75 heavy (non-hydrogen) atoms. The van der Waals surface area contributed by atoms with Gasteiger partial charge in [0.15, 0.2) is 11.3 Å². The maximum Gasteiger partial charge on any atom is 0.254 e. The first-order valence-corrected chi connectivity index (χ1v) is 24.8. The van der Waals surface area contributed by atoms with Crippen molar-refractivity contribution in [2.45, 2.75) is 18.8 Å². The summed E-state index contributed by atoms with van der Waals surface area (Å²) in [6.07, 6.45) is 9.93. The van der Waals surface area contributed by atoms with Crippen LogP contribution in [0, 0.1) is 0 Å². The Morgan fingerprint density at radius 1 is 0.707 bits per heavy atom. The quantitative estimate of drug-likeness (QED) is 0.0820. The fourth-order valence-electron chi connectivity index (χ4n) is 9.15. The minimum Gasteiger partial charge on any atom is -0.495 e. The lowest BCUT2D eigenvalue weighted by Gasteiger charge is -2.30. The molecule has 0 saturated carbocycles. The molecule has 382 valence electrons. The maximum atomic E-state index is 13.9. The Morgan fingerprint density at radius 3 is 1.79 bits per heavy atom. The standard InChI is InChI=1S/C53H46Cl4N12O6/c1-8-40(70)67-14-12-27(13-15-67)34-23-68-47-30(22-61-52(58-3)65-47)18-33(49(68)63-34)42-45(56)38(74-7)20-39(46(42)57)75-25-26(2)51(71)62-31-11-9-10-28(16-31)35-24-69-48-29(21-60-53(59-4)66-48)17-32(50(69)64-35)41-43(54)36(72-5)19-37(73-6)44(41)55/h8-11,16-24,27H,1-2,12-15,25H2,3-7H3,(H,62,71)(H,58,61,65)(H,59,60,66). The van der Waals surface area contributed by atoms with E-state index in [2.05, 4.69) is 39.1 Å². The highest BCUT2D eigenvalue weighted by atomic mass is 35.5. The second-order valence-electron chi connectivity index (χ2n) is 17.3. The van der Waals surface area contributed by atoms with Crippen molar-refractivity contribution >= 4 is 109 Å². The zero-order valence-electron chi connectivity index (χ0n) is 41.0. The summed E-state index contributed by atoms with van der Waals surface area (Å²) in [4.78, 5) is 56.7. The minimum atomic E-state index is -0.512. The number of pyridine rings is 2. The van der Waals surface area contributed by atoms with Crippen LogP contribution >= 0.6 is 46.4 Å². The number of piperidine rings is 1. The van der Waals surface area contributed by atoms with Gasteiger partial charge in [-0.1, -0.05) is 71.7 Å². The van der Waals surface area contributed by atoms with E-state index in [0.29, 0.717) is 122 Å². The first kappa shape index (κ1) is 50.6. The number of carbonyl (C=O) groups is 2. The number of hydrogen-bond acceptors (Lipinski definition) is 14. The second-order valence-corrected chi connectivity index (χ2v) is 18.8. The molecule has 6 aromatic heterocycles. The molecule has 2 amide bonds. The SMILES string of the molecule is C=CC(=O)N1CCC(c2cn3c(n2)c(-c2c(Cl)c(OC)cc(OCC(=C)C(=O)Nc4cccc(-c5cn6c(n5)c(-c5c(Cl)c(OC)cc(OC)c5Cl)cc5cnc(NC)nc56)c4)c2Cl)cc2cnc(NC)nc23)CC1. The molecule has 7 heterocycles. The van der Waals surface area contributed by atoms with Crippen LogP contribution in [0.5, 0.6) is 23.0 Å². The van der Waals surface area contributed by atoms with Crippen LogP contribution < -0.4 is 34.9 Å². The molecule has 1 aliphatic heterocycles. The summed E-state index contributed by atoms with van der Waals surface area (Å²) in [5.41, 5.74) is 6.69. The summed E-state index contributed by atoms with van der Waals surface area (Å²) in [7, 11) is 7.97. The molecule has 9 aromatic rings. The number of fused-ring (bicyclic) bond motifs is 6. The third-order valence-corrected chi connectivity index (χ3v) is 14.5. The number of likely N-dealkylation sites (tertiary alicyclic amines) is 1. The van der Waals surface area contributed by atoms with Crippen LogP contribution in [0.1, 0.15) is 24.5 Å². The summed E-state index contributed by atoms with van der Waals surface area (Å²) >= 11 is 28.3. The Hall–Kier alpha value is -7.90. The van der Waals surface area contributed by atoms with E-state index >= 15 is 0 Å². The first-order chi connectivity index (χ1) is 36.3. The van der Waals surface area contributed by atoms with Gasteiger partial charge in [-0.25, -0.2) is 19.9 Å². The van der Waals surface area contributed by atoms with Crippen LogP contribution in [0.3, 0.4) is 0 Å². The molecule has 3 aromatic carbocycles. The first-order valence-electron chi connectivity index (χ1n) is 23.3. The predicted molar refractivity (Wildman–Crippen MR) is 294 cm³/mol. The van der Waals surface area contributed by atoms with Gasteiger partial charge in [0.2, 0.25) is 17.8 Å². The molecule has 22 heteroatoms. The molecule has 0 atom stereocenters. The molecule has 0 aliphatic carbocycles. The number of methoxy groups -OCH3 is 3. The van der Waals surface area contributed by atoms with Crippen molar-refractivity contribution in [3.05, 3.63) is 124 Å². The molecule has 10 rings (SSSR count). The van der Waals surface area contributed by atoms with E-state index in [-0.39, 0.29) is 55.6 Å². The number of anilines is 3. The van der Waals surface area contributed by atoms with Crippen molar-refractivity contribution in [3.63, 3.8) is 0 Å². The van der Waals surface area contributed by atoms with Gasteiger partial charge in [0.1, 0.15) is 40.9 Å². The number of rotatable bonds is 15. The smallest absolute Gasteiger partial charge is 0.254 e. The summed E-state index contributed by atoms with van der Waals surface area (Å²) in [5.74, 6) is 1.43. The molecule has 18 nitrogen and oxygen atoms in total. The minimum absolute atomic E-state index is 0.0561. The van der Waals surface area contributed by atoms with Gasteiger partial charge in [0, 0.05) is 120 Å². The normalized spacial score (nSPS) is 12.8. The predicted octanol–water partition coefficient (Wildman–Crippen LogP) is 11.1. The average Bonchev–Trinajstić information content (AvgIpc) is 4.10. The van der Waals surface area contributed by atoms with E-state index in [0.717, 1.165) is 5.69 Å². The lowest BCUT2D eigenvalue weighted by molar-refractivity contribution is -0.127. The number of ether oxygens (including phenoxy) is 4. The van der Waals surface area contributed by atoms with Crippen LogP contribution in [-0.2, 0) is 9.59 Å². The number of benzene rings is 3. The highest BCUT2D eigenvalue weighted by Crippen LogP contribution is 2.50. The summed E-state index contributed by atoms with van der Waals surface area (Å²) in [6.45, 7) is 8.57. The Bertz CT molecular complexity index is 3790. The highest BCUT2D eigenvalue weighted by Gasteiger charge is 2.29. The number of amides is 2. The molecule has 0 unspecified atom stereocenters. The monoisotopic (exact) mass is 1090 g/mol. The number of halogens is 4. The Kier molecular flexibility index (Phi) is 14.0. The molecule has 0 spiro atoms. The largest absolute Gasteiger partial charge is 0.495 e. The lowest BCUT2D eigenvalue weighted by atomic mass is 9.94. The highest BCUT2D eigenvalue weighted by molar-refractivity contribution is 6.42. The van der Waals surface area contributed by atoms with E-state index in [9.17, 15) is 9.59 Å². The van der Waals surface area contributed by atoms with Gasteiger partial charge in [-0.3, -0.25) is 18.4 Å². The molecule has 0 radical (unpaired) electrons. The van der Waals surface area contributed by atoms with Crippen LogP contribution in [-0.4, -0.2) is 111 Å². The molecule has 1 aliphatic rings. The van der Waals surface area contributed by atoms with Crippen molar-refractivity contribution < 1.29 is 28.5 Å². The van der Waals surface area contributed by atoms with E-state index in [1.54, 1.807) is 61.7 Å². The fraction of sp³-hybridized carbons (Fsp3) is 0.208. The van der Waals surface area contributed by atoms with Gasteiger partial charge in [0.05, 0.1) is 52.8 Å². The number of aromatic nitrogens is 8. The number of nitrogens with one attached hydrogen (secondary N) is 3. The summed E-state index contributed by atoms with van der Waals surface area (Å²) in [5, 5.41) is 11.2. The van der Waals surface area contributed by atoms with Crippen molar-refractivity contribution in [3.8, 4) is 56.5 Å². The third kappa shape index (κ3) is 9.28. The van der Waals surface area contributed by atoms with Crippen LogP contribution in [0.2, 0.25) is 20.1 Å². The molecule has 1 fully saturated rings. The summed E-state index contributed by atoms with van der Waals surface area (Å²) in [6, 6.07) is 14.1. The lowest BCUT2D eigenvalue weighted by Crippen LogP contribution is -2.36.